The standard InChI is InChI=1S/C23H37N3O5S2/c1-23(2,3)33(30,31)26-19-14-12-17(13-15-19)22(27)24-20-10-7-11-21(16-20)32(28,29)25-18-8-5-4-6-9-18/h7,10-11,16-19,25-26H,4-6,8-9,12-15H2,1-3H3,(H,24,27). The highest BCUT2D eigenvalue weighted by Crippen LogP contribution is 2.28. The second-order valence-corrected chi connectivity index (χ2v) is 14.4. The van der Waals surface area contributed by atoms with E-state index in [2.05, 4.69) is 14.8 Å². The first-order chi connectivity index (χ1) is 15.4. The van der Waals surface area contributed by atoms with Crippen molar-refractivity contribution >= 4 is 31.6 Å². The minimum absolute atomic E-state index is 0.0344. The molecule has 186 valence electrons. The molecular formula is C23H37N3O5S2. The minimum Gasteiger partial charge on any atom is -0.326 e. The number of anilines is 1. The van der Waals surface area contributed by atoms with Gasteiger partial charge in [0.1, 0.15) is 0 Å². The monoisotopic (exact) mass is 499 g/mol. The van der Waals surface area contributed by atoms with E-state index in [9.17, 15) is 21.6 Å². The number of carbonyl (C=O) groups is 1. The Morgan fingerprint density at radius 1 is 0.848 bits per heavy atom. The fraction of sp³-hybridized carbons (Fsp3) is 0.696. The smallest absolute Gasteiger partial charge is 0.240 e. The van der Waals surface area contributed by atoms with Gasteiger partial charge in [-0.2, -0.15) is 0 Å². The van der Waals surface area contributed by atoms with Gasteiger partial charge in [-0.05, 0) is 77.5 Å². The van der Waals surface area contributed by atoms with Crippen molar-refractivity contribution < 1.29 is 21.6 Å². The van der Waals surface area contributed by atoms with E-state index in [1.165, 1.54) is 12.1 Å². The maximum atomic E-state index is 12.8. The number of hydrogen-bond acceptors (Lipinski definition) is 5. The average molecular weight is 500 g/mol. The molecule has 0 aromatic heterocycles. The van der Waals surface area contributed by atoms with Gasteiger partial charge in [-0.3, -0.25) is 4.79 Å². The molecule has 0 saturated heterocycles. The van der Waals surface area contributed by atoms with Crippen molar-refractivity contribution in [1.29, 1.82) is 0 Å². The molecule has 0 aliphatic heterocycles. The zero-order valence-electron chi connectivity index (χ0n) is 19.8. The van der Waals surface area contributed by atoms with Crippen molar-refractivity contribution in [3.63, 3.8) is 0 Å². The molecule has 10 heteroatoms. The molecule has 3 rings (SSSR count). The summed E-state index contributed by atoms with van der Waals surface area (Å²) in [6.07, 6.45) is 7.24. The van der Waals surface area contributed by atoms with Crippen LogP contribution in [0, 0.1) is 5.92 Å². The summed E-state index contributed by atoms with van der Waals surface area (Å²) in [6, 6.07) is 6.13. The molecule has 0 spiro atoms. The van der Waals surface area contributed by atoms with Gasteiger partial charge in [0.05, 0.1) is 9.64 Å². The van der Waals surface area contributed by atoms with Gasteiger partial charge in [-0.15, -0.1) is 0 Å². The summed E-state index contributed by atoms with van der Waals surface area (Å²) in [4.78, 5) is 12.9. The van der Waals surface area contributed by atoms with Crippen molar-refractivity contribution in [2.45, 2.75) is 100 Å². The van der Waals surface area contributed by atoms with Crippen molar-refractivity contribution in [3.05, 3.63) is 24.3 Å². The van der Waals surface area contributed by atoms with Crippen LogP contribution in [0.1, 0.15) is 78.6 Å². The Labute approximate surface area is 198 Å². The molecule has 0 unspecified atom stereocenters. The van der Waals surface area contributed by atoms with Crippen LogP contribution in [-0.4, -0.2) is 39.6 Å². The highest BCUT2D eigenvalue weighted by Gasteiger charge is 2.34. The van der Waals surface area contributed by atoms with Crippen LogP contribution in [-0.2, 0) is 24.8 Å². The Balaban J connectivity index is 1.56. The van der Waals surface area contributed by atoms with E-state index in [1.807, 2.05) is 0 Å². The summed E-state index contributed by atoms with van der Waals surface area (Å²) in [7, 11) is -7.07. The maximum Gasteiger partial charge on any atom is 0.240 e. The van der Waals surface area contributed by atoms with Gasteiger partial charge in [0.15, 0.2) is 0 Å². The lowest BCUT2D eigenvalue weighted by Gasteiger charge is -2.30. The van der Waals surface area contributed by atoms with Crippen LogP contribution in [0.3, 0.4) is 0 Å². The number of rotatable bonds is 7. The first-order valence-electron chi connectivity index (χ1n) is 11.8. The summed E-state index contributed by atoms with van der Waals surface area (Å²) in [5.41, 5.74) is 0.446. The predicted octanol–water partition coefficient (Wildman–Crippen LogP) is 3.51. The van der Waals surface area contributed by atoms with E-state index in [0.717, 1.165) is 32.1 Å². The number of carbonyl (C=O) groups excluding carboxylic acids is 1. The predicted molar refractivity (Wildman–Crippen MR) is 130 cm³/mol. The van der Waals surface area contributed by atoms with Gasteiger partial charge < -0.3 is 5.32 Å². The summed E-state index contributed by atoms with van der Waals surface area (Å²) >= 11 is 0. The van der Waals surface area contributed by atoms with Gasteiger partial charge in [-0.25, -0.2) is 26.3 Å². The summed E-state index contributed by atoms with van der Waals surface area (Å²) in [6.45, 7) is 4.98. The summed E-state index contributed by atoms with van der Waals surface area (Å²) in [5.74, 6) is -0.400. The highest BCUT2D eigenvalue weighted by atomic mass is 32.2. The van der Waals surface area contributed by atoms with E-state index < -0.39 is 24.8 Å². The fourth-order valence-electron chi connectivity index (χ4n) is 4.36. The molecule has 2 fully saturated rings. The molecule has 3 N–H and O–H groups in total. The van der Waals surface area contributed by atoms with Crippen molar-refractivity contribution in [2.24, 2.45) is 5.92 Å². The van der Waals surface area contributed by atoms with Gasteiger partial charge in [0.25, 0.3) is 0 Å². The Morgan fingerprint density at radius 3 is 2.06 bits per heavy atom. The van der Waals surface area contributed by atoms with Gasteiger partial charge >= 0.3 is 0 Å². The SMILES string of the molecule is CC(C)(C)S(=O)(=O)NC1CCC(C(=O)Nc2cccc(S(=O)(=O)NC3CCCCC3)c2)CC1. The Kier molecular flexibility index (Phi) is 8.24. The molecule has 1 aromatic carbocycles. The molecule has 8 nitrogen and oxygen atoms in total. The highest BCUT2D eigenvalue weighted by molar-refractivity contribution is 7.90. The second kappa shape index (κ2) is 10.4. The quantitative estimate of drug-likeness (QED) is 0.530. The number of nitrogens with one attached hydrogen (secondary N) is 3. The molecule has 2 aliphatic rings. The van der Waals surface area contributed by atoms with E-state index in [-0.39, 0.29) is 28.8 Å². The van der Waals surface area contributed by atoms with Gasteiger partial charge in [0, 0.05) is 23.7 Å². The van der Waals surface area contributed by atoms with Crippen molar-refractivity contribution in [1.82, 2.24) is 9.44 Å². The maximum absolute atomic E-state index is 12.8. The fourth-order valence-corrected chi connectivity index (χ4v) is 6.74. The molecule has 33 heavy (non-hydrogen) atoms. The van der Waals surface area contributed by atoms with Crippen LogP contribution in [0.4, 0.5) is 5.69 Å². The topological polar surface area (TPSA) is 121 Å². The van der Waals surface area contributed by atoms with Gasteiger partial charge in [-0.1, -0.05) is 25.3 Å². The summed E-state index contributed by atoms with van der Waals surface area (Å²) < 4.78 is 55.0. The molecule has 2 aliphatic carbocycles. The van der Waals surface area contributed by atoms with Crippen LogP contribution in [0.2, 0.25) is 0 Å². The Morgan fingerprint density at radius 2 is 1.45 bits per heavy atom. The van der Waals surface area contributed by atoms with Crippen molar-refractivity contribution in [2.75, 3.05) is 5.32 Å². The Hall–Kier alpha value is -1.49. The average Bonchev–Trinajstić information content (AvgIpc) is 2.74. The molecule has 0 heterocycles. The first-order valence-corrected chi connectivity index (χ1v) is 14.8. The lowest BCUT2D eigenvalue weighted by Crippen LogP contribution is -2.46. The lowest BCUT2D eigenvalue weighted by atomic mass is 9.86. The molecule has 0 radical (unpaired) electrons. The number of hydrogen-bond donors (Lipinski definition) is 3. The third kappa shape index (κ3) is 7.00. The third-order valence-corrected chi connectivity index (χ3v) is 10.3. The molecular weight excluding hydrogens is 462 g/mol. The number of amides is 1. The van der Waals surface area contributed by atoms with E-state index in [4.69, 9.17) is 0 Å². The lowest BCUT2D eigenvalue weighted by molar-refractivity contribution is -0.120. The van der Waals surface area contributed by atoms with Crippen LogP contribution in [0.5, 0.6) is 0 Å². The van der Waals surface area contributed by atoms with E-state index in [1.54, 1.807) is 32.9 Å². The first kappa shape index (κ1) is 26.1. The number of benzene rings is 1. The zero-order valence-corrected chi connectivity index (χ0v) is 21.4. The largest absolute Gasteiger partial charge is 0.326 e. The van der Waals surface area contributed by atoms with Crippen LogP contribution in [0.25, 0.3) is 0 Å². The Bertz CT molecular complexity index is 1030. The normalized spacial score (nSPS) is 23.2. The molecule has 1 aromatic rings. The molecule has 2 saturated carbocycles. The van der Waals surface area contributed by atoms with Crippen LogP contribution in [0.15, 0.2) is 29.2 Å². The van der Waals surface area contributed by atoms with Crippen LogP contribution < -0.4 is 14.8 Å². The second-order valence-electron chi connectivity index (χ2n) is 10.3. The molecule has 0 bridgehead atoms. The molecule has 0 atom stereocenters. The summed E-state index contributed by atoms with van der Waals surface area (Å²) in [5, 5.41) is 2.85. The molecule has 1 amide bonds. The third-order valence-electron chi connectivity index (χ3n) is 6.56. The number of sulfonamides is 2. The minimum atomic E-state index is -3.65. The van der Waals surface area contributed by atoms with E-state index >= 15 is 0 Å². The van der Waals surface area contributed by atoms with Crippen LogP contribution >= 0.6 is 0 Å². The van der Waals surface area contributed by atoms with E-state index in [0.29, 0.717) is 31.4 Å². The van der Waals surface area contributed by atoms with Crippen molar-refractivity contribution in [3.8, 4) is 0 Å². The van der Waals surface area contributed by atoms with Gasteiger partial charge in [0.2, 0.25) is 26.0 Å². The zero-order chi connectivity index (χ0) is 24.3.